The van der Waals surface area contributed by atoms with Crippen LogP contribution in [-0.2, 0) is 21.4 Å². The summed E-state index contributed by atoms with van der Waals surface area (Å²) >= 11 is 0. The fourth-order valence-corrected chi connectivity index (χ4v) is 4.87. The van der Waals surface area contributed by atoms with Crippen LogP contribution in [0.25, 0.3) is 0 Å². The summed E-state index contributed by atoms with van der Waals surface area (Å²) in [6, 6.07) is 8.98. The molecule has 0 unspecified atom stereocenters. The van der Waals surface area contributed by atoms with Crippen molar-refractivity contribution in [3.63, 3.8) is 0 Å². The zero-order chi connectivity index (χ0) is 21.7. The highest BCUT2D eigenvalue weighted by Crippen LogP contribution is 2.31. The average Bonchev–Trinajstić information content (AvgIpc) is 3.00. The number of benzene rings is 1. The minimum absolute atomic E-state index is 0.000256. The van der Waals surface area contributed by atoms with Crippen molar-refractivity contribution in [3.05, 3.63) is 35.9 Å². The minimum Gasteiger partial charge on any atom is -0.480 e. The Hall–Kier alpha value is -1.54. The Balaban J connectivity index is 1.97. The normalized spacial score (nSPS) is 23.8. The van der Waals surface area contributed by atoms with Gasteiger partial charge in [-0.15, -0.1) is 0 Å². The van der Waals surface area contributed by atoms with Crippen LogP contribution in [0, 0.1) is 5.92 Å². The van der Waals surface area contributed by atoms with Gasteiger partial charge in [-0.1, -0.05) is 36.8 Å². The van der Waals surface area contributed by atoms with E-state index < -0.39 is 40.8 Å². The first-order chi connectivity index (χ1) is 13.5. The zero-order valence-electron chi connectivity index (χ0n) is 16.1. The van der Waals surface area contributed by atoms with Crippen LogP contribution in [0.15, 0.2) is 30.3 Å². The lowest BCUT2D eigenvalue weighted by atomic mass is 9.78. The summed E-state index contributed by atoms with van der Waals surface area (Å²) in [4.78, 5) is 11.7. The molecule has 1 heterocycles. The lowest BCUT2D eigenvalue weighted by molar-refractivity contribution is -0.144. The van der Waals surface area contributed by atoms with Gasteiger partial charge in [-0.25, -0.2) is 4.72 Å². The number of hydrogen-bond acceptors (Lipinski definition) is 7. The predicted molar refractivity (Wildman–Crippen MR) is 109 cm³/mol. The first-order valence-corrected chi connectivity index (χ1v) is 10.9. The molecule has 0 bridgehead atoms. The standard InChI is InChI=1S/C17H29BN4O6S/c19-15(9-13-5-2-1-3-6-13)10-21-29(27,28)22-11-14(7-4-8-18(25)26)17(20,12-22)16(23)24/h1-3,5-6,14-15,21,25-26H,4,7-12,19-20H2,(H,23,24)/t14-,15-,17-/m0/s1. The fraction of sp³-hybridized carbons (Fsp3) is 0.588. The summed E-state index contributed by atoms with van der Waals surface area (Å²) in [6.45, 7) is -0.425. The van der Waals surface area contributed by atoms with E-state index in [1.165, 1.54) is 0 Å². The summed E-state index contributed by atoms with van der Waals surface area (Å²) in [5, 5.41) is 27.4. The van der Waals surface area contributed by atoms with Crippen LogP contribution in [-0.4, -0.2) is 72.2 Å². The molecule has 1 aromatic carbocycles. The Morgan fingerprint density at radius 1 is 1.34 bits per heavy atom. The molecule has 162 valence electrons. The quantitative estimate of drug-likeness (QED) is 0.227. The second kappa shape index (κ2) is 9.98. The van der Waals surface area contributed by atoms with Crippen LogP contribution in [0.3, 0.4) is 0 Å². The number of nitrogens with two attached hydrogens (primary N) is 2. The molecule has 29 heavy (non-hydrogen) atoms. The lowest BCUT2D eigenvalue weighted by Gasteiger charge is -2.25. The van der Waals surface area contributed by atoms with Crippen LogP contribution in [0.1, 0.15) is 18.4 Å². The minimum atomic E-state index is -3.96. The molecule has 0 spiro atoms. The highest BCUT2D eigenvalue weighted by Gasteiger charge is 2.52. The van der Waals surface area contributed by atoms with Gasteiger partial charge in [0.2, 0.25) is 0 Å². The molecule has 10 nitrogen and oxygen atoms in total. The van der Waals surface area contributed by atoms with Crippen molar-refractivity contribution in [1.82, 2.24) is 9.03 Å². The van der Waals surface area contributed by atoms with Gasteiger partial charge in [0.1, 0.15) is 5.54 Å². The van der Waals surface area contributed by atoms with E-state index >= 15 is 0 Å². The molecule has 1 aliphatic rings. The van der Waals surface area contributed by atoms with Gasteiger partial charge in [-0.05, 0) is 24.7 Å². The van der Waals surface area contributed by atoms with Gasteiger partial charge < -0.3 is 26.6 Å². The van der Waals surface area contributed by atoms with Crippen LogP contribution < -0.4 is 16.2 Å². The van der Waals surface area contributed by atoms with Crippen LogP contribution in [0.2, 0.25) is 6.32 Å². The Morgan fingerprint density at radius 2 is 2.00 bits per heavy atom. The second-order valence-electron chi connectivity index (χ2n) is 7.55. The van der Waals surface area contributed by atoms with Gasteiger partial charge in [0.25, 0.3) is 10.2 Å². The first-order valence-electron chi connectivity index (χ1n) is 9.47. The number of carboxylic acid groups (broad SMARTS) is 1. The maximum absolute atomic E-state index is 12.7. The third kappa shape index (κ3) is 6.47. The Labute approximate surface area is 171 Å². The summed E-state index contributed by atoms with van der Waals surface area (Å²) < 4.78 is 28.8. The lowest BCUT2D eigenvalue weighted by Crippen LogP contribution is -2.55. The van der Waals surface area contributed by atoms with Crippen molar-refractivity contribution in [2.75, 3.05) is 19.6 Å². The molecule has 0 aromatic heterocycles. The zero-order valence-corrected chi connectivity index (χ0v) is 17.0. The van der Waals surface area contributed by atoms with E-state index in [2.05, 4.69) is 4.72 Å². The van der Waals surface area contributed by atoms with E-state index in [9.17, 15) is 18.3 Å². The second-order valence-corrected chi connectivity index (χ2v) is 9.30. The van der Waals surface area contributed by atoms with Crippen molar-refractivity contribution in [2.45, 2.75) is 37.2 Å². The van der Waals surface area contributed by atoms with Gasteiger partial charge in [0.15, 0.2) is 0 Å². The molecule has 8 N–H and O–H groups in total. The van der Waals surface area contributed by atoms with Crippen molar-refractivity contribution in [1.29, 1.82) is 0 Å². The van der Waals surface area contributed by atoms with E-state index in [0.29, 0.717) is 12.8 Å². The van der Waals surface area contributed by atoms with Crippen molar-refractivity contribution in [3.8, 4) is 0 Å². The molecule has 0 amide bonds. The average molecular weight is 428 g/mol. The van der Waals surface area contributed by atoms with Crippen molar-refractivity contribution in [2.24, 2.45) is 17.4 Å². The highest BCUT2D eigenvalue weighted by atomic mass is 32.2. The topological polar surface area (TPSA) is 179 Å². The third-order valence-electron chi connectivity index (χ3n) is 5.21. The number of hydrogen-bond donors (Lipinski definition) is 6. The number of nitrogens with one attached hydrogen (secondary N) is 1. The number of nitrogens with zero attached hydrogens (tertiary/aromatic N) is 1. The Kier molecular flexibility index (Phi) is 8.17. The Bertz CT molecular complexity index is 781. The van der Waals surface area contributed by atoms with E-state index in [1.54, 1.807) is 0 Å². The molecule has 0 radical (unpaired) electrons. The fourth-order valence-electron chi connectivity index (χ4n) is 3.51. The van der Waals surface area contributed by atoms with E-state index in [0.717, 1.165) is 9.87 Å². The first kappa shape index (κ1) is 23.7. The summed E-state index contributed by atoms with van der Waals surface area (Å²) in [6.07, 6.45) is 1.13. The molecular weight excluding hydrogens is 399 g/mol. The molecule has 0 saturated carbocycles. The van der Waals surface area contributed by atoms with Crippen molar-refractivity contribution >= 4 is 23.3 Å². The third-order valence-corrected chi connectivity index (χ3v) is 6.70. The van der Waals surface area contributed by atoms with Crippen molar-refractivity contribution < 1.29 is 28.4 Å². The van der Waals surface area contributed by atoms with Gasteiger partial charge in [0.05, 0.1) is 0 Å². The maximum atomic E-state index is 12.7. The molecular formula is C17H29BN4O6S. The molecule has 2 rings (SSSR count). The van der Waals surface area contributed by atoms with E-state index in [-0.39, 0.29) is 32.4 Å². The molecule has 0 aliphatic carbocycles. The highest BCUT2D eigenvalue weighted by molar-refractivity contribution is 7.87. The predicted octanol–water partition coefficient (Wildman–Crippen LogP) is -1.64. The largest absolute Gasteiger partial charge is 0.480 e. The molecule has 1 fully saturated rings. The summed E-state index contributed by atoms with van der Waals surface area (Å²) in [7, 11) is -5.46. The van der Waals surface area contributed by atoms with Crippen LogP contribution in [0.5, 0.6) is 0 Å². The van der Waals surface area contributed by atoms with Gasteiger partial charge in [0, 0.05) is 31.6 Å². The molecule has 1 aromatic rings. The number of carbonyl (C=O) groups is 1. The summed E-state index contributed by atoms with van der Waals surface area (Å²) in [5.41, 5.74) is 11.3. The number of carboxylic acids is 1. The molecule has 1 saturated heterocycles. The molecule has 3 atom stereocenters. The smallest absolute Gasteiger partial charge is 0.451 e. The van der Waals surface area contributed by atoms with E-state index in [4.69, 9.17) is 21.5 Å². The molecule has 1 aliphatic heterocycles. The SMILES string of the molecule is N[C@H](CNS(=O)(=O)N1C[C@H](CCCB(O)O)[C@](N)(C(=O)O)C1)Cc1ccccc1. The van der Waals surface area contributed by atoms with Gasteiger partial charge >= 0.3 is 13.1 Å². The van der Waals surface area contributed by atoms with Gasteiger partial charge in [-0.2, -0.15) is 12.7 Å². The number of aliphatic carboxylic acids is 1. The number of rotatable bonds is 11. The van der Waals surface area contributed by atoms with Gasteiger partial charge in [-0.3, -0.25) is 4.79 Å². The molecule has 12 heteroatoms. The summed E-state index contributed by atoms with van der Waals surface area (Å²) in [5.74, 6) is -1.93. The Morgan fingerprint density at radius 3 is 2.59 bits per heavy atom. The maximum Gasteiger partial charge on any atom is 0.451 e. The van der Waals surface area contributed by atoms with Crippen LogP contribution in [0.4, 0.5) is 0 Å². The van der Waals surface area contributed by atoms with E-state index in [1.807, 2.05) is 30.3 Å². The van der Waals surface area contributed by atoms with Crippen LogP contribution >= 0.6 is 0 Å². The monoisotopic (exact) mass is 428 g/mol.